The molecule has 1 aliphatic heterocycles. The van der Waals surface area contributed by atoms with Gasteiger partial charge in [0.05, 0.1) is 35.9 Å². The van der Waals surface area contributed by atoms with E-state index < -0.39 is 53.9 Å². The van der Waals surface area contributed by atoms with Gasteiger partial charge in [0, 0.05) is 13.0 Å². The lowest BCUT2D eigenvalue weighted by Gasteiger charge is -2.41. The van der Waals surface area contributed by atoms with Crippen LogP contribution in [0.15, 0.2) is 0 Å². The van der Waals surface area contributed by atoms with Crippen molar-refractivity contribution in [1.29, 1.82) is 0 Å². The molecule has 0 aliphatic carbocycles. The third kappa shape index (κ3) is 9.21. The number of methoxy groups -OCH3 is 1. The number of aliphatic hydroxyl groups is 3. The summed E-state index contributed by atoms with van der Waals surface area (Å²) in [6.07, 6.45) is -0.961. The Morgan fingerprint density at radius 2 is 1.67 bits per heavy atom. The van der Waals surface area contributed by atoms with E-state index in [4.69, 9.17) is 18.9 Å². The summed E-state index contributed by atoms with van der Waals surface area (Å²) in [4.78, 5) is 13.4. The minimum absolute atomic E-state index is 0.0140. The summed E-state index contributed by atoms with van der Waals surface area (Å²) in [6.45, 7) is 16.9. The summed E-state index contributed by atoms with van der Waals surface area (Å²) < 4.78 is 23.0. The van der Waals surface area contributed by atoms with Crippen LogP contribution in [0, 0.1) is 29.6 Å². The van der Waals surface area contributed by atoms with E-state index in [0.29, 0.717) is 12.3 Å². The number of rotatable bonds is 10. The molecule has 4 unspecified atom stereocenters. The maximum Gasteiger partial charge on any atom is 0.311 e. The van der Waals surface area contributed by atoms with E-state index in [2.05, 4.69) is 13.8 Å². The average molecular weight is 519 g/mol. The summed E-state index contributed by atoms with van der Waals surface area (Å²) in [5.74, 6) is -1.23. The monoisotopic (exact) mass is 518 g/mol. The number of esters is 1. The molecule has 1 rings (SSSR count). The molecular formula is C28H54O8. The van der Waals surface area contributed by atoms with Crippen molar-refractivity contribution in [3.63, 3.8) is 0 Å². The summed E-state index contributed by atoms with van der Waals surface area (Å²) in [5.41, 5.74) is -1.27. The van der Waals surface area contributed by atoms with Gasteiger partial charge < -0.3 is 34.3 Å². The second kappa shape index (κ2) is 15.0. The molecule has 0 aromatic heterocycles. The molecule has 214 valence electrons. The fourth-order valence-electron chi connectivity index (χ4n) is 5.80. The van der Waals surface area contributed by atoms with Gasteiger partial charge in [-0.15, -0.1) is 0 Å². The number of hydrogen-bond acceptors (Lipinski definition) is 8. The van der Waals surface area contributed by atoms with Gasteiger partial charge in [0.2, 0.25) is 0 Å². The summed E-state index contributed by atoms with van der Waals surface area (Å²) >= 11 is 0. The third-order valence-corrected chi connectivity index (χ3v) is 8.11. The first-order valence-electron chi connectivity index (χ1n) is 13.7. The van der Waals surface area contributed by atoms with Crippen LogP contribution in [0.25, 0.3) is 0 Å². The number of hydrogen-bond donors (Lipinski definition) is 3. The van der Waals surface area contributed by atoms with Gasteiger partial charge in [-0.25, -0.2) is 0 Å². The second-order valence-corrected chi connectivity index (χ2v) is 11.7. The molecule has 3 N–H and O–H groups in total. The molecule has 0 radical (unpaired) electrons. The normalized spacial score (nSPS) is 37.1. The van der Waals surface area contributed by atoms with Crippen molar-refractivity contribution in [3.05, 3.63) is 0 Å². The highest BCUT2D eigenvalue weighted by Gasteiger charge is 2.44. The topological polar surface area (TPSA) is 115 Å². The van der Waals surface area contributed by atoms with Gasteiger partial charge in [0.15, 0.2) is 0 Å². The van der Waals surface area contributed by atoms with Gasteiger partial charge in [-0.3, -0.25) is 4.79 Å². The highest BCUT2D eigenvalue weighted by atomic mass is 16.7. The largest absolute Gasteiger partial charge is 0.459 e. The average Bonchev–Trinajstić information content (AvgIpc) is 2.81. The molecule has 1 heterocycles. The van der Waals surface area contributed by atoms with Crippen LogP contribution in [0.1, 0.15) is 88.0 Å². The number of ether oxygens (including phenoxy) is 4. The number of carbonyl (C=O) groups is 1. The van der Waals surface area contributed by atoms with Crippen LogP contribution in [0.5, 0.6) is 0 Å². The minimum atomic E-state index is -1.27. The highest BCUT2D eigenvalue weighted by Crippen LogP contribution is 2.35. The van der Waals surface area contributed by atoms with E-state index in [-0.39, 0.29) is 24.7 Å². The molecule has 1 aliphatic rings. The van der Waals surface area contributed by atoms with Crippen molar-refractivity contribution < 1.29 is 39.1 Å². The Labute approximate surface area is 219 Å². The lowest BCUT2D eigenvalue weighted by Crippen LogP contribution is -2.52. The summed E-state index contributed by atoms with van der Waals surface area (Å²) in [7, 11) is 1.53. The Bertz CT molecular complexity index is 641. The molecule has 8 heteroatoms. The zero-order valence-electron chi connectivity index (χ0n) is 24.3. The Morgan fingerprint density at radius 1 is 1.08 bits per heavy atom. The fraction of sp³-hybridized carbons (Fsp3) is 0.964. The van der Waals surface area contributed by atoms with Crippen molar-refractivity contribution in [3.8, 4) is 0 Å². The Hall–Kier alpha value is -0.770. The van der Waals surface area contributed by atoms with E-state index in [1.807, 2.05) is 20.8 Å². The summed E-state index contributed by atoms with van der Waals surface area (Å²) in [5, 5.41) is 32.7. The van der Waals surface area contributed by atoms with Gasteiger partial charge in [0.1, 0.15) is 19.0 Å². The lowest BCUT2D eigenvalue weighted by atomic mass is 9.76. The van der Waals surface area contributed by atoms with E-state index in [1.54, 1.807) is 27.7 Å². The van der Waals surface area contributed by atoms with Gasteiger partial charge in [-0.2, -0.15) is 0 Å². The first-order chi connectivity index (χ1) is 16.7. The Kier molecular flexibility index (Phi) is 13.8. The number of cyclic esters (lactones) is 1. The van der Waals surface area contributed by atoms with Gasteiger partial charge in [0.25, 0.3) is 0 Å². The lowest BCUT2D eigenvalue weighted by molar-refractivity contribution is -0.199. The predicted octanol–water partition coefficient (Wildman–Crippen LogP) is 3.93. The molecule has 0 amide bonds. The van der Waals surface area contributed by atoms with Crippen LogP contribution in [0.2, 0.25) is 0 Å². The van der Waals surface area contributed by atoms with Crippen molar-refractivity contribution in [2.24, 2.45) is 29.6 Å². The first-order valence-corrected chi connectivity index (χ1v) is 13.7. The number of aliphatic hydroxyl groups excluding tert-OH is 2. The van der Waals surface area contributed by atoms with Crippen molar-refractivity contribution in [1.82, 2.24) is 0 Å². The molecule has 0 spiro atoms. The second-order valence-electron chi connectivity index (χ2n) is 11.7. The third-order valence-electron chi connectivity index (χ3n) is 8.11. The predicted molar refractivity (Wildman–Crippen MR) is 139 cm³/mol. The van der Waals surface area contributed by atoms with Crippen LogP contribution >= 0.6 is 0 Å². The van der Waals surface area contributed by atoms with E-state index in [0.717, 1.165) is 19.3 Å². The van der Waals surface area contributed by atoms with Crippen LogP contribution in [0.3, 0.4) is 0 Å². The molecule has 0 aromatic carbocycles. The van der Waals surface area contributed by atoms with Gasteiger partial charge in [-0.05, 0) is 64.7 Å². The van der Waals surface area contributed by atoms with E-state index in [1.165, 1.54) is 7.11 Å². The van der Waals surface area contributed by atoms with Crippen LogP contribution in [-0.4, -0.2) is 77.4 Å². The summed E-state index contributed by atoms with van der Waals surface area (Å²) in [6, 6.07) is 0. The minimum Gasteiger partial charge on any atom is -0.459 e. The molecule has 12 atom stereocenters. The van der Waals surface area contributed by atoms with Gasteiger partial charge >= 0.3 is 5.97 Å². The fourth-order valence-corrected chi connectivity index (χ4v) is 5.80. The Balaban J connectivity index is 3.16. The molecule has 0 bridgehead atoms. The van der Waals surface area contributed by atoms with Crippen LogP contribution in [-0.2, 0) is 23.7 Å². The molecule has 8 nitrogen and oxygen atoms in total. The molecule has 1 fully saturated rings. The van der Waals surface area contributed by atoms with Gasteiger partial charge in [-0.1, -0.05) is 41.0 Å². The smallest absolute Gasteiger partial charge is 0.311 e. The highest BCUT2D eigenvalue weighted by molar-refractivity contribution is 5.73. The molecule has 36 heavy (non-hydrogen) atoms. The van der Waals surface area contributed by atoms with Crippen molar-refractivity contribution in [2.45, 2.75) is 130 Å². The molecular weight excluding hydrogens is 464 g/mol. The van der Waals surface area contributed by atoms with Crippen LogP contribution < -0.4 is 0 Å². The molecule has 0 saturated carbocycles. The SMILES string of the molecule is CCC[C@@](C)(O)[C@@H]1OC(=O)[C@H](C)[C@@H](OCOC(C)[C@H](O)C(C)OC)[C@H](C)C[C@@H](C)CC(C)C(O)[C@@H]1C. The van der Waals surface area contributed by atoms with Crippen molar-refractivity contribution >= 4 is 5.97 Å². The number of carbonyl (C=O) groups excluding carboxylic acids is 1. The van der Waals surface area contributed by atoms with E-state index >= 15 is 0 Å². The maximum absolute atomic E-state index is 13.4. The quantitative estimate of drug-likeness (QED) is 0.294. The first kappa shape index (κ1) is 33.3. The zero-order chi connectivity index (χ0) is 27.8. The maximum atomic E-state index is 13.4. The molecule has 1 saturated heterocycles. The van der Waals surface area contributed by atoms with Crippen LogP contribution in [0.4, 0.5) is 0 Å². The molecule has 0 aromatic rings. The Morgan fingerprint density at radius 3 is 2.22 bits per heavy atom. The van der Waals surface area contributed by atoms with E-state index in [9.17, 15) is 20.1 Å². The zero-order valence-corrected chi connectivity index (χ0v) is 24.3. The van der Waals surface area contributed by atoms with Crippen molar-refractivity contribution in [2.75, 3.05) is 13.9 Å². The standard InChI is InChI=1S/C28H54O8/c1-11-12-28(9,32)26-19(5)23(29)17(3)13-16(2)14-18(4)25(20(6)27(31)36-26)35-15-34-22(8)24(30)21(7)33-10/h16-26,29-30,32H,11-15H2,1-10H3/t16-,17?,18+,19-,20+,21?,22?,23?,24+,25-,26+,28+/m0/s1.